The van der Waals surface area contributed by atoms with E-state index in [2.05, 4.69) is 10.3 Å². The summed E-state index contributed by atoms with van der Waals surface area (Å²) < 4.78 is 37.5. The summed E-state index contributed by atoms with van der Waals surface area (Å²) in [5, 5.41) is 13.9. The number of carboxylic acids is 1. The number of nitrogens with one attached hydrogen (secondary N) is 1. The van der Waals surface area contributed by atoms with Crippen molar-refractivity contribution in [1.29, 1.82) is 0 Å². The van der Waals surface area contributed by atoms with Crippen LogP contribution in [0, 0.1) is 0 Å². The van der Waals surface area contributed by atoms with Crippen LogP contribution in [0.2, 0.25) is 0 Å². The van der Waals surface area contributed by atoms with Gasteiger partial charge in [-0.2, -0.15) is 13.2 Å². The van der Waals surface area contributed by atoms with Gasteiger partial charge in [0, 0.05) is 24.0 Å². The molecule has 0 aliphatic rings. The molecule has 0 aliphatic carbocycles. The maximum absolute atomic E-state index is 12.5. The second kappa shape index (κ2) is 6.89. The van der Waals surface area contributed by atoms with E-state index in [1.165, 1.54) is 23.5 Å². The lowest BCUT2D eigenvalue weighted by molar-refractivity contribution is -0.138. The molecule has 1 aromatic carbocycles. The van der Waals surface area contributed by atoms with Crippen molar-refractivity contribution >= 4 is 17.3 Å². The van der Waals surface area contributed by atoms with Gasteiger partial charge >= 0.3 is 12.1 Å². The molecule has 8 heteroatoms. The highest BCUT2D eigenvalue weighted by atomic mass is 32.1. The number of alkyl halides is 3. The van der Waals surface area contributed by atoms with Crippen molar-refractivity contribution in [1.82, 2.24) is 10.3 Å². The smallest absolute Gasteiger partial charge is 0.416 e. The minimum Gasteiger partial charge on any atom is -0.481 e. The molecule has 0 bridgehead atoms. The van der Waals surface area contributed by atoms with Crippen molar-refractivity contribution in [3.05, 3.63) is 40.9 Å². The monoisotopic (exact) mass is 330 g/mol. The van der Waals surface area contributed by atoms with Crippen molar-refractivity contribution < 1.29 is 23.1 Å². The van der Waals surface area contributed by atoms with Crippen LogP contribution in [0.4, 0.5) is 13.2 Å². The zero-order valence-electron chi connectivity index (χ0n) is 11.4. The van der Waals surface area contributed by atoms with Gasteiger partial charge in [-0.1, -0.05) is 12.1 Å². The first-order chi connectivity index (χ1) is 10.4. The van der Waals surface area contributed by atoms with Gasteiger partial charge in [-0.25, -0.2) is 4.98 Å². The Morgan fingerprint density at radius 3 is 2.55 bits per heavy atom. The standard InChI is InChI=1S/C14H13F3N2O2S/c15-14(16,17)10-3-1-9(2-4-10)13-19-11(8-22-13)7-18-6-5-12(20)21/h1-4,8,18H,5-7H2,(H,20,21). The molecule has 1 aromatic heterocycles. The Balaban J connectivity index is 1.97. The molecule has 118 valence electrons. The molecule has 0 saturated carbocycles. The summed E-state index contributed by atoms with van der Waals surface area (Å²) in [5.74, 6) is -0.878. The summed E-state index contributed by atoms with van der Waals surface area (Å²) in [5.41, 5.74) is 0.656. The molecule has 0 amide bonds. The number of halogens is 3. The lowest BCUT2D eigenvalue weighted by atomic mass is 10.1. The van der Waals surface area contributed by atoms with E-state index in [1.54, 1.807) is 5.38 Å². The van der Waals surface area contributed by atoms with Crippen LogP contribution in [0.1, 0.15) is 17.7 Å². The van der Waals surface area contributed by atoms with Crippen molar-refractivity contribution in [2.75, 3.05) is 6.54 Å². The first-order valence-electron chi connectivity index (χ1n) is 6.41. The topological polar surface area (TPSA) is 62.2 Å². The van der Waals surface area contributed by atoms with Gasteiger partial charge in [0.15, 0.2) is 0 Å². The molecular weight excluding hydrogens is 317 g/mol. The average molecular weight is 330 g/mol. The molecule has 22 heavy (non-hydrogen) atoms. The fraction of sp³-hybridized carbons (Fsp3) is 0.286. The lowest BCUT2D eigenvalue weighted by Gasteiger charge is -2.06. The van der Waals surface area contributed by atoms with Crippen LogP contribution in [-0.4, -0.2) is 22.6 Å². The third kappa shape index (κ3) is 4.54. The first-order valence-corrected chi connectivity index (χ1v) is 7.29. The second-order valence-electron chi connectivity index (χ2n) is 4.54. The third-order valence-corrected chi connectivity index (χ3v) is 3.77. The Kier molecular flexibility index (Phi) is 5.15. The highest BCUT2D eigenvalue weighted by molar-refractivity contribution is 7.13. The van der Waals surface area contributed by atoms with E-state index in [9.17, 15) is 18.0 Å². The first kappa shape index (κ1) is 16.4. The quantitative estimate of drug-likeness (QED) is 0.797. The van der Waals surface area contributed by atoms with Gasteiger partial charge in [-0.3, -0.25) is 4.79 Å². The molecule has 2 rings (SSSR count). The van der Waals surface area contributed by atoms with E-state index in [1.807, 2.05) is 0 Å². The fourth-order valence-corrected chi connectivity index (χ4v) is 2.56. The van der Waals surface area contributed by atoms with Gasteiger partial charge in [0.25, 0.3) is 0 Å². The third-order valence-electron chi connectivity index (χ3n) is 2.83. The van der Waals surface area contributed by atoms with Crippen LogP contribution in [0.3, 0.4) is 0 Å². The van der Waals surface area contributed by atoms with E-state index in [4.69, 9.17) is 5.11 Å². The predicted octanol–water partition coefficient (Wildman–Crippen LogP) is 3.39. The Bertz CT molecular complexity index is 638. The average Bonchev–Trinajstić information content (AvgIpc) is 2.91. The molecular formula is C14H13F3N2O2S. The van der Waals surface area contributed by atoms with Gasteiger partial charge in [0.2, 0.25) is 0 Å². The van der Waals surface area contributed by atoms with Crippen molar-refractivity contribution in [3.8, 4) is 10.6 Å². The summed E-state index contributed by atoms with van der Waals surface area (Å²) in [7, 11) is 0. The number of hydrogen-bond donors (Lipinski definition) is 2. The number of nitrogens with zero attached hydrogens (tertiary/aromatic N) is 1. The summed E-state index contributed by atoms with van der Waals surface area (Å²) in [6.07, 6.45) is -4.32. The van der Waals surface area contributed by atoms with E-state index < -0.39 is 17.7 Å². The number of benzene rings is 1. The fourth-order valence-electron chi connectivity index (χ4n) is 1.73. The minimum atomic E-state index is -4.35. The lowest BCUT2D eigenvalue weighted by Crippen LogP contribution is -2.17. The number of aliphatic carboxylic acids is 1. The van der Waals surface area contributed by atoms with E-state index in [-0.39, 0.29) is 6.42 Å². The van der Waals surface area contributed by atoms with Gasteiger partial charge < -0.3 is 10.4 Å². The Morgan fingerprint density at radius 1 is 1.27 bits per heavy atom. The number of aromatic nitrogens is 1. The molecule has 0 unspecified atom stereocenters. The van der Waals surface area contributed by atoms with Crippen molar-refractivity contribution in [2.24, 2.45) is 0 Å². The van der Waals surface area contributed by atoms with Gasteiger partial charge in [-0.15, -0.1) is 11.3 Å². The van der Waals surface area contributed by atoms with Crippen LogP contribution in [0.25, 0.3) is 10.6 Å². The van der Waals surface area contributed by atoms with Gasteiger partial charge in [-0.05, 0) is 12.1 Å². The van der Waals surface area contributed by atoms with Crippen LogP contribution in [0.15, 0.2) is 29.6 Å². The molecule has 2 N–H and O–H groups in total. The molecule has 0 atom stereocenters. The number of carboxylic acid groups (broad SMARTS) is 1. The highest BCUT2D eigenvalue weighted by Crippen LogP contribution is 2.31. The van der Waals surface area contributed by atoms with E-state index >= 15 is 0 Å². The SMILES string of the molecule is O=C(O)CCNCc1csc(-c2ccc(C(F)(F)F)cc2)n1. The Hall–Kier alpha value is -1.93. The number of carbonyl (C=O) groups is 1. The Morgan fingerprint density at radius 2 is 1.95 bits per heavy atom. The van der Waals surface area contributed by atoms with Crippen LogP contribution >= 0.6 is 11.3 Å². The molecule has 4 nitrogen and oxygen atoms in total. The van der Waals surface area contributed by atoms with Crippen LogP contribution in [-0.2, 0) is 17.5 Å². The Labute approximate surface area is 128 Å². The van der Waals surface area contributed by atoms with E-state index in [0.717, 1.165) is 17.8 Å². The zero-order valence-corrected chi connectivity index (χ0v) is 12.2. The molecule has 0 fully saturated rings. The molecule has 0 radical (unpaired) electrons. The number of rotatable bonds is 6. The van der Waals surface area contributed by atoms with Gasteiger partial charge in [0.05, 0.1) is 17.7 Å². The predicted molar refractivity (Wildman–Crippen MR) is 76.5 cm³/mol. The van der Waals surface area contributed by atoms with Crippen molar-refractivity contribution in [2.45, 2.75) is 19.1 Å². The molecule has 0 saturated heterocycles. The van der Waals surface area contributed by atoms with Crippen LogP contribution in [0.5, 0.6) is 0 Å². The molecule has 0 spiro atoms. The normalized spacial score (nSPS) is 11.6. The summed E-state index contributed by atoms with van der Waals surface area (Å²) in [4.78, 5) is 14.7. The van der Waals surface area contributed by atoms with Crippen molar-refractivity contribution in [3.63, 3.8) is 0 Å². The van der Waals surface area contributed by atoms with Gasteiger partial charge in [0.1, 0.15) is 5.01 Å². The zero-order chi connectivity index (χ0) is 16.2. The summed E-state index contributed by atoms with van der Waals surface area (Å²) in [6.45, 7) is 0.757. The second-order valence-corrected chi connectivity index (χ2v) is 5.40. The molecule has 0 aliphatic heterocycles. The number of hydrogen-bond acceptors (Lipinski definition) is 4. The van der Waals surface area contributed by atoms with Crippen LogP contribution < -0.4 is 5.32 Å². The molecule has 2 aromatic rings. The summed E-state index contributed by atoms with van der Waals surface area (Å²) >= 11 is 1.33. The summed E-state index contributed by atoms with van der Waals surface area (Å²) in [6, 6.07) is 4.84. The number of thiazole rings is 1. The molecule has 1 heterocycles. The maximum atomic E-state index is 12.5. The maximum Gasteiger partial charge on any atom is 0.416 e. The highest BCUT2D eigenvalue weighted by Gasteiger charge is 2.30. The van der Waals surface area contributed by atoms with E-state index in [0.29, 0.717) is 23.7 Å². The minimum absolute atomic E-state index is 0.0237. The largest absolute Gasteiger partial charge is 0.481 e.